The van der Waals surface area contributed by atoms with Crippen molar-refractivity contribution in [3.63, 3.8) is 0 Å². The number of hydrogen-bond acceptors (Lipinski definition) is 5. The van der Waals surface area contributed by atoms with Crippen LogP contribution in [0.15, 0.2) is 66.9 Å². The maximum atomic E-state index is 12.5. The van der Waals surface area contributed by atoms with Crippen molar-refractivity contribution in [1.82, 2.24) is 15.2 Å². The van der Waals surface area contributed by atoms with Crippen molar-refractivity contribution in [2.45, 2.75) is 31.3 Å². The molecule has 3 heterocycles. The lowest BCUT2D eigenvalue weighted by atomic mass is 9.84. The zero-order valence-electron chi connectivity index (χ0n) is 20.3. The number of nitrogens with zero attached hydrogens (tertiary/aromatic N) is 2. The smallest absolute Gasteiger partial charge is 0.251 e. The van der Waals surface area contributed by atoms with Gasteiger partial charge in [-0.05, 0) is 66.8 Å². The highest BCUT2D eigenvalue weighted by Gasteiger charge is 2.33. The Kier molecular flexibility index (Phi) is 7.10. The molecule has 36 heavy (non-hydrogen) atoms. The number of aliphatic hydroxyl groups is 1. The second-order valence-corrected chi connectivity index (χ2v) is 9.83. The lowest BCUT2D eigenvalue weighted by Gasteiger charge is -2.38. The van der Waals surface area contributed by atoms with E-state index in [0.717, 1.165) is 48.3 Å². The van der Waals surface area contributed by atoms with Crippen molar-refractivity contribution in [3.8, 4) is 11.6 Å². The van der Waals surface area contributed by atoms with E-state index in [0.29, 0.717) is 41.5 Å². The highest BCUT2D eigenvalue weighted by Crippen LogP contribution is 2.39. The minimum Gasteiger partial charge on any atom is -0.438 e. The summed E-state index contributed by atoms with van der Waals surface area (Å²) in [5, 5.41) is 14.6. The summed E-state index contributed by atoms with van der Waals surface area (Å²) in [7, 11) is 1.64. The maximum Gasteiger partial charge on any atom is 0.251 e. The number of hydrogen-bond donors (Lipinski definition) is 2. The monoisotopic (exact) mass is 503 g/mol. The van der Waals surface area contributed by atoms with Gasteiger partial charge in [0.2, 0.25) is 5.88 Å². The number of amides is 1. The number of rotatable bonds is 5. The van der Waals surface area contributed by atoms with Crippen LogP contribution in [-0.4, -0.2) is 47.6 Å². The molecule has 0 unspecified atom stereocenters. The minimum atomic E-state index is -0.803. The number of carbonyl (C=O) groups excluding carboxylic acids is 1. The van der Waals surface area contributed by atoms with Gasteiger partial charge in [0.25, 0.3) is 5.91 Å². The van der Waals surface area contributed by atoms with Gasteiger partial charge in [0.05, 0.1) is 5.60 Å². The molecule has 1 fully saturated rings. The molecule has 0 atom stereocenters. The Hall–Kier alpha value is -3.19. The van der Waals surface area contributed by atoms with Crippen molar-refractivity contribution in [3.05, 3.63) is 94.1 Å². The van der Waals surface area contributed by atoms with Gasteiger partial charge in [0, 0.05) is 61.0 Å². The molecule has 7 heteroatoms. The summed E-state index contributed by atoms with van der Waals surface area (Å²) >= 11 is 6.01. The number of pyridine rings is 1. The van der Waals surface area contributed by atoms with E-state index < -0.39 is 5.60 Å². The van der Waals surface area contributed by atoms with E-state index in [1.807, 2.05) is 54.6 Å². The summed E-state index contributed by atoms with van der Waals surface area (Å²) in [5.74, 6) is 1.09. The molecule has 186 valence electrons. The predicted octanol–water partition coefficient (Wildman–Crippen LogP) is 5.20. The standard InChI is InChI=1S/C29H30ClN3O3/c1-31-27(34)24-6-2-8-26-25(24)19-20(23-7-3-15-32-28(23)36-26)5-4-16-33-17-13-29(35,14-18-33)21-9-11-22(30)12-10-21/h2-3,5-12,15,35H,4,13-14,16-19H2,1H3,(H,31,34). The average molecular weight is 504 g/mol. The van der Waals surface area contributed by atoms with Gasteiger partial charge >= 0.3 is 0 Å². The highest BCUT2D eigenvalue weighted by molar-refractivity contribution is 6.30. The van der Waals surface area contributed by atoms with Crippen molar-refractivity contribution in [2.75, 3.05) is 26.7 Å². The normalized spacial score (nSPS) is 18.0. The molecule has 2 aromatic carbocycles. The quantitative estimate of drug-likeness (QED) is 0.500. The number of piperidine rings is 1. The second-order valence-electron chi connectivity index (χ2n) is 9.39. The molecule has 3 aromatic rings. The molecule has 1 amide bonds. The second kappa shape index (κ2) is 10.4. The minimum absolute atomic E-state index is 0.129. The molecule has 0 bridgehead atoms. The van der Waals surface area contributed by atoms with E-state index in [4.69, 9.17) is 16.3 Å². The first-order valence-corrected chi connectivity index (χ1v) is 12.7. The maximum absolute atomic E-state index is 12.5. The van der Waals surface area contributed by atoms with E-state index in [1.165, 1.54) is 0 Å². The molecule has 0 aliphatic carbocycles. The first kappa shape index (κ1) is 24.5. The van der Waals surface area contributed by atoms with E-state index in [2.05, 4.69) is 21.3 Å². The fourth-order valence-corrected chi connectivity index (χ4v) is 5.22. The molecule has 5 rings (SSSR count). The van der Waals surface area contributed by atoms with Crippen LogP contribution >= 0.6 is 11.6 Å². The van der Waals surface area contributed by atoms with Gasteiger partial charge in [-0.1, -0.05) is 35.9 Å². The van der Waals surface area contributed by atoms with Crippen molar-refractivity contribution < 1.29 is 14.6 Å². The molecule has 6 nitrogen and oxygen atoms in total. The molecule has 1 aromatic heterocycles. The molecular formula is C29H30ClN3O3. The van der Waals surface area contributed by atoms with Gasteiger partial charge in [0.15, 0.2) is 0 Å². The van der Waals surface area contributed by atoms with Crippen LogP contribution in [0, 0.1) is 0 Å². The fourth-order valence-electron chi connectivity index (χ4n) is 5.10. The van der Waals surface area contributed by atoms with Crippen LogP contribution < -0.4 is 10.1 Å². The van der Waals surface area contributed by atoms with Crippen LogP contribution in [0.5, 0.6) is 11.6 Å². The fraction of sp³-hybridized carbons (Fsp3) is 0.310. The van der Waals surface area contributed by atoms with Gasteiger partial charge in [-0.25, -0.2) is 4.98 Å². The first-order valence-electron chi connectivity index (χ1n) is 12.3. The van der Waals surface area contributed by atoms with Gasteiger partial charge in [0.1, 0.15) is 5.75 Å². The number of benzene rings is 2. The van der Waals surface area contributed by atoms with Crippen LogP contribution in [0.2, 0.25) is 5.02 Å². The van der Waals surface area contributed by atoms with Crippen molar-refractivity contribution in [1.29, 1.82) is 0 Å². The van der Waals surface area contributed by atoms with Crippen LogP contribution in [0.25, 0.3) is 5.57 Å². The summed E-state index contributed by atoms with van der Waals surface area (Å²) in [6.45, 7) is 2.54. The Morgan fingerprint density at radius 1 is 1.17 bits per heavy atom. The molecule has 0 spiro atoms. The average Bonchev–Trinajstić information content (AvgIpc) is 3.06. The molecule has 0 saturated carbocycles. The Morgan fingerprint density at radius 2 is 1.94 bits per heavy atom. The third-order valence-electron chi connectivity index (χ3n) is 7.20. The van der Waals surface area contributed by atoms with Crippen molar-refractivity contribution in [2.24, 2.45) is 0 Å². The lowest BCUT2D eigenvalue weighted by molar-refractivity contribution is -0.0254. The molecule has 2 aliphatic rings. The number of allylic oxidation sites excluding steroid dienone is 1. The number of fused-ring (bicyclic) bond motifs is 2. The number of ether oxygens (including phenoxy) is 1. The Morgan fingerprint density at radius 3 is 2.69 bits per heavy atom. The largest absolute Gasteiger partial charge is 0.438 e. The van der Waals surface area contributed by atoms with Crippen LogP contribution in [0.3, 0.4) is 0 Å². The van der Waals surface area contributed by atoms with Crippen LogP contribution in [0.4, 0.5) is 0 Å². The Labute approximate surface area is 216 Å². The van der Waals surface area contributed by atoms with Gasteiger partial charge in [-0.15, -0.1) is 0 Å². The molecule has 2 N–H and O–H groups in total. The van der Waals surface area contributed by atoms with Gasteiger partial charge in [-0.2, -0.15) is 0 Å². The van der Waals surface area contributed by atoms with Crippen molar-refractivity contribution >= 4 is 23.1 Å². The predicted molar refractivity (Wildman–Crippen MR) is 141 cm³/mol. The number of aromatic nitrogens is 1. The van der Waals surface area contributed by atoms with Gasteiger partial charge < -0.3 is 20.1 Å². The summed E-state index contributed by atoms with van der Waals surface area (Å²) in [6, 6.07) is 17.0. The zero-order chi connectivity index (χ0) is 25.1. The molecular weight excluding hydrogens is 474 g/mol. The van der Waals surface area contributed by atoms with E-state index in [-0.39, 0.29) is 5.91 Å². The summed E-state index contributed by atoms with van der Waals surface area (Å²) in [5.41, 5.74) is 3.67. The summed E-state index contributed by atoms with van der Waals surface area (Å²) < 4.78 is 6.16. The lowest BCUT2D eigenvalue weighted by Crippen LogP contribution is -2.42. The topological polar surface area (TPSA) is 74.7 Å². The Bertz CT molecular complexity index is 1280. The zero-order valence-corrected chi connectivity index (χ0v) is 21.1. The number of nitrogens with one attached hydrogen (secondary N) is 1. The SMILES string of the molecule is CNC(=O)c1cccc2c1CC(=CCCN1CCC(O)(c3ccc(Cl)cc3)CC1)c1cccnc1O2. The molecule has 2 aliphatic heterocycles. The summed E-state index contributed by atoms with van der Waals surface area (Å²) in [6.07, 6.45) is 6.77. The molecule has 0 radical (unpaired) electrons. The van der Waals surface area contributed by atoms with E-state index in [1.54, 1.807) is 13.2 Å². The third kappa shape index (κ3) is 5.03. The first-order chi connectivity index (χ1) is 17.5. The van der Waals surface area contributed by atoms with E-state index in [9.17, 15) is 9.90 Å². The molecule has 1 saturated heterocycles. The van der Waals surface area contributed by atoms with E-state index >= 15 is 0 Å². The number of halogens is 1. The van der Waals surface area contributed by atoms with Gasteiger partial charge in [-0.3, -0.25) is 4.79 Å². The summed E-state index contributed by atoms with van der Waals surface area (Å²) in [4.78, 5) is 19.4. The highest BCUT2D eigenvalue weighted by atomic mass is 35.5. The third-order valence-corrected chi connectivity index (χ3v) is 7.45. The van der Waals surface area contributed by atoms with Crippen LogP contribution in [0.1, 0.15) is 46.3 Å². The van der Waals surface area contributed by atoms with Crippen LogP contribution in [-0.2, 0) is 12.0 Å². The number of carbonyl (C=O) groups is 1. The Balaban J connectivity index is 1.31. The number of likely N-dealkylation sites (tertiary alicyclic amines) is 1.